The Kier molecular flexibility index (Phi) is 26.7. The monoisotopic (exact) mass is 481 g/mol. The van der Waals surface area contributed by atoms with Crippen LogP contribution in [0.5, 0.6) is 0 Å². The van der Waals surface area contributed by atoms with Gasteiger partial charge in [0.1, 0.15) is 0 Å². The first-order valence-corrected chi connectivity index (χ1v) is 13.3. The normalized spacial score (nSPS) is 11.3. The molecule has 0 unspecified atom stereocenters. The molecule has 0 fully saturated rings. The summed E-state index contributed by atoms with van der Waals surface area (Å²) in [6.07, 6.45) is 7.57. The van der Waals surface area contributed by atoms with Crippen LogP contribution in [0, 0.1) is 0 Å². The molecule has 0 bridgehead atoms. The summed E-state index contributed by atoms with van der Waals surface area (Å²) in [4.78, 5) is 0. The quantitative estimate of drug-likeness (QED) is 0.206. The predicted octanol–water partition coefficient (Wildman–Crippen LogP) is 4.09. The molecule has 0 atom stereocenters. The van der Waals surface area contributed by atoms with Gasteiger partial charge in [-0.2, -0.15) is 0 Å². The second kappa shape index (κ2) is 23.4. The molecule has 0 N–H and O–H groups in total. The topological polar surface area (TPSA) is 36.9 Å². The number of ether oxygens (including phenoxy) is 4. The molecule has 0 aromatic rings. The SMILES string of the molecule is CCOCCP(CCOCC)CCP(CCOCC)CCOCC.[99Tc]. The van der Waals surface area contributed by atoms with Crippen molar-refractivity contribution in [2.45, 2.75) is 27.7 Å². The fourth-order valence-corrected chi connectivity index (χ4v) is 7.46. The Morgan fingerprint density at radius 2 is 0.680 bits per heavy atom. The van der Waals surface area contributed by atoms with Crippen LogP contribution in [0.3, 0.4) is 0 Å². The molecule has 0 aromatic carbocycles. The van der Waals surface area contributed by atoms with Crippen molar-refractivity contribution in [3.8, 4) is 0 Å². The maximum atomic E-state index is 5.58. The Hall–Kier alpha value is 1.35. The van der Waals surface area contributed by atoms with E-state index in [2.05, 4.69) is 27.7 Å². The van der Waals surface area contributed by atoms with E-state index in [4.69, 9.17) is 18.9 Å². The Labute approximate surface area is 172 Å². The van der Waals surface area contributed by atoms with Crippen LogP contribution in [0.15, 0.2) is 0 Å². The molecule has 0 aliphatic carbocycles. The molecule has 0 rings (SSSR count). The van der Waals surface area contributed by atoms with Crippen LogP contribution in [0.1, 0.15) is 27.7 Å². The number of hydrogen-bond acceptors (Lipinski definition) is 4. The molecule has 7 heteroatoms. The summed E-state index contributed by atoms with van der Waals surface area (Å²) in [5.41, 5.74) is 0. The van der Waals surface area contributed by atoms with Crippen molar-refractivity contribution in [1.29, 1.82) is 0 Å². The van der Waals surface area contributed by atoms with Crippen molar-refractivity contribution in [2.75, 3.05) is 89.8 Å². The molecule has 0 aromatic heterocycles. The molecule has 25 heavy (non-hydrogen) atoms. The molecule has 0 heterocycles. The number of rotatable bonds is 19. The molecule has 153 valence electrons. The molecule has 1 radical (unpaired) electrons. The third-order valence-electron chi connectivity index (χ3n) is 3.76. The summed E-state index contributed by atoms with van der Waals surface area (Å²) in [6, 6.07) is 0. The summed E-state index contributed by atoms with van der Waals surface area (Å²) < 4.78 is 22.3. The van der Waals surface area contributed by atoms with Crippen LogP contribution in [0.25, 0.3) is 0 Å². The standard InChI is InChI=1S/C18H40O4P2.Tc/c1-5-19-9-13-23(14-10-20-6-2)17-18-24(15-11-21-7-3)16-12-22-8-4;/h5-18H2,1-4H3;/i;1+1. The molecule has 0 aliphatic heterocycles. The van der Waals surface area contributed by atoms with Crippen LogP contribution in [0.2, 0.25) is 0 Å². The molecule has 0 aliphatic rings. The first-order chi connectivity index (χ1) is 11.8. The van der Waals surface area contributed by atoms with Gasteiger partial charge < -0.3 is 18.9 Å². The predicted molar refractivity (Wildman–Crippen MR) is 109 cm³/mol. The van der Waals surface area contributed by atoms with Gasteiger partial charge in [0.15, 0.2) is 0 Å². The third-order valence-corrected chi connectivity index (χ3v) is 9.08. The zero-order valence-electron chi connectivity index (χ0n) is 16.8. The van der Waals surface area contributed by atoms with E-state index in [0.29, 0.717) is 0 Å². The van der Waals surface area contributed by atoms with Gasteiger partial charge in [0.05, 0.1) is 26.4 Å². The Morgan fingerprint density at radius 1 is 0.440 bits per heavy atom. The van der Waals surface area contributed by atoms with Crippen molar-refractivity contribution in [3.05, 3.63) is 0 Å². The summed E-state index contributed by atoms with van der Waals surface area (Å²) >= 11 is 0. The smallest absolute Gasteiger partial charge is 0.0505 e. The first-order valence-electron chi connectivity index (χ1n) is 9.54. The van der Waals surface area contributed by atoms with E-state index in [0.717, 1.165) is 52.9 Å². The van der Waals surface area contributed by atoms with E-state index in [1.807, 2.05) is 0 Å². The minimum Gasteiger partial charge on any atom is -0.381 e. The average molecular weight is 481 g/mol. The third kappa shape index (κ3) is 19.9. The second-order valence-corrected chi connectivity index (χ2v) is 10.8. The maximum absolute atomic E-state index is 5.58. The van der Waals surface area contributed by atoms with Crippen molar-refractivity contribution in [3.63, 3.8) is 0 Å². The van der Waals surface area contributed by atoms with Crippen molar-refractivity contribution in [2.24, 2.45) is 0 Å². The molecular formula is C18H40O4P2Tc. The molecule has 0 saturated carbocycles. The summed E-state index contributed by atoms with van der Waals surface area (Å²) in [6.45, 7) is 15.2. The van der Waals surface area contributed by atoms with E-state index in [1.165, 1.54) is 37.0 Å². The molecule has 0 saturated heterocycles. The van der Waals surface area contributed by atoms with Crippen LogP contribution < -0.4 is 0 Å². The molecule has 0 spiro atoms. The number of hydrogen-bond donors (Lipinski definition) is 0. The Morgan fingerprint density at radius 3 is 0.880 bits per heavy atom. The fraction of sp³-hybridized carbons (Fsp3) is 1.00. The van der Waals surface area contributed by atoms with Gasteiger partial charge >= 0.3 is 0 Å². The minimum absolute atomic E-state index is 0. The van der Waals surface area contributed by atoms with E-state index < -0.39 is 0 Å². The Bertz CT molecular complexity index is 207. The molecular weight excluding hydrogens is 441 g/mol. The van der Waals surface area contributed by atoms with E-state index in [1.54, 1.807) is 0 Å². The van der Waals surface area contributed by atoms with E-state index >= 15 is 0 Å². The van der Waals surface area contributed by atoms with Gasteiger partial charge in [0.2, 0.25) is 0 Å². The Balaban J connectivity index is 0. The minimum atomic E-state index is 0. The van der Waals surface area contributed by atoms with Gasteiger partial charge in [-0.1, -0.05) is 0 Å². The zero-order valence-corrected chi connectivity index (χ0v) is 20.5. The first kappa shape index (κ1) is 28.6. The average Bonchev–Trinajstić information content (AvgIpc) is 2.59. The van der Waals surface area contributed by atoms with Gasteiger partial charge in [0.25, 0.3) is 0 Å². The van der Waals surface area contributed by atoms with E-state index in [-0.39, 0.29) is 35.9 Å². The van der Waals surface area contributed by atoms with E-state index in [9.17, 15) is 0 Å². The van der Waals surface area contributed by atoms with Crippen LogP contribution in [0.4, 0.5) is 0 Å². The molecule has 0 amide bonds. The van der Waals surface area contributed by atoms with Gasteiger partial charge in [-0.3, -0.25) is 0 Å². The molecule has 4 nitrogen and oxygen atoms in total. The van der Waals surface area contributed by atoms with Crippen molar-refractivity contribution < 1.29 is 39.1 Å². The zero-order chi connectivity index (χ0) is 17.9. The summed E-state index contributed by atoms with van der Waals surface area (Å²) in [5.74, 6) is 0. The van der Waals surface area contributed by atoms with Crippen molar-refractivity contribution in [1.82, 2.24) is 0 Å². The summed E-state index contributed by atoms with van der Waals surface area (Å²) in [5, 5.41) is 0. The second-order valence-electron chi connectivity index (χ2n) is 5.47. The fourth-order valence-electron chi connectivity index (χ4n) is 2.31. The van der Waals surface area contributed by atoms with Crippen LogP contribution >= 0.6 is 15.8 Å². The van der Waals surface area contributed by atoms with Crippen molar-refractivity contribution >= 4 is 15.8 Å². The van der Waals surface area contributed by atoms with Gasteiger partial charge in [0, 0.05) is 46.5 Å². The van der Waals surface area contributed by atoms with Gasteiger partial charge in [-0.25, -0.2) is 0 Å². The largest absolute Gasteiger partial charge is 0.381 e. The maximum Gasteiger partial charge on any atom is 0.0505 e. The van der Waals surface area contributed by atoms with Crippen LogP contribution in [-0.2, 0) is 39.1 Å². The van der Waals surface area contributed by atoms with Crippen LogP contribution in [-0.4, -0.2) is 89.8 Å². The summed E-state index contributed by atoms with van der Waals surface area (Å²) in [7, 11) is 0.0619. The van der Waals surface area contributed by atoms with Gasteiger partial charge in [-0.05, 0) is 64.7 Å². The van der Waals surface area contributed by atoms with Gasteiger partial charge in [-0.15, -0.1) is 15.8 Å².